The van der Waals surface area contributed by atoms with Gasteiger partial charge in [-0.25, -0.2) is 0 Å². The van der Waals surface area contributed by atoms with E-state index in [2.05, 4.69) is 37.8 Å². The summed E-state index contributed by atoms with van der Waals surface area (Å²) in [6.07, 6.45) is 2.99. The van der Waals surface area contributed by atoms with Gasteiger partial charge in [-0.1, -0.05) is 0 Å². The summed E-state index contributed by atoms with van der Waals surface area (Å²) in [5.74, 6) is 0.909. The minimum atomic E-state index is -0.495. The fourth-order valence-electron chi connectivity index (χ4n) is 4.31. The molecule has 0 radical (unpaired) electrons. The molecule has 3 heterocycles. The van der Waals surface area contributed by atoms with Crippen molar-refractivity contribution in [3.8, 4) is 5.75 Å². The number of anilines is 1. The maximum atomic E-state index is 9.83. The normalized spacial score (nSPS) is 20.2. The first kappa shape index (κ1) is 18.3. The lowest BCUT2D eigenvalue weighted by Crippen LogP contribution is -2.44. The van der Waals surface area contributed by atoms with E-state index in [1.165, 1.54) is 24.2 Å². The third kappa shape index (κ3) is 3.96. The largest absolute Gasteiger partial charge is 0.497 e. The predicted octanol–water partition coefficient (Wildman–Crippen LogP) is 2.82. The zero-order valence-corrected chi connectivity index (χ0v) is 16.3. The van der Waals surface area contributed by atoms with E-state index in [0.717, 1.165) is 50.6 Å². The summed E-state index contributed by atoms with van der Waals surface area (Å²) in [6, 6.07) is 11.1. The number of rotatable bonds is 4. The molecule has 0 saturated carbocycles. The van der Waals surface area contributed by atoms with Crippen molar-refractivity contribution in [3.63, 3.8) is 0 Å². The number of piperidine rings is 1. The van der Waals surface area contributed by atoms with Gasteiger partial charge in [0.1, 0.15) is 5.75 Å². The molecule has 2 aliphatic rings. The second-order valence-electron chi connectivity index (χ2n) is 7.70. The number of aliphatic hydroxyl groups is 1. The lowest BCUT2D eigenvalue weighted by atomic mass is 10.0. The molecule has 0 aliphatic carbocycles. The minimum Gasteiger partial charge on any atom is -0.497 e. The van der Waals surface area contributed by atoms with E-state index in [-0.39, 0.29) is 0 Å². The maximum absolute atomic E-state index is 9.83. The Kier molecular flexibility index (Phi) is 5.36. The van der Waals surface area contributed by atoms with Gasteiger partial charge in [-0.15, -0.1) is 0 Å². The van der Waals surface area contributed by atoms with Crippen LogP contribution in [0.3, 0.4) is 0 Å². The first-order chi connectivity index (χ1) is 13.1. The zero-order chi connectivity index (χ0) is 18.8. The Morgan fingerprint density at radius 2 is 1.85 bits per heavy atom. The predicted molar refractivity (Wildman–Crippen MR) is 106 cm³/mol. The first-order valence-electron chi connectivity index (χ1n) is 10.0. The van der Waals surface area contributed by atoms with Crippen molar-refractivity contribution >= 4 is 5.69 Å². The van der Waals surface area contributed by atoms with E-state index in [4.69, 9.17) is 4.74 Å². The third-order valence-corrected chi connectivity index (χ3v) is 5.91. The standard InChI is InChI=1S/C21H30N4O2/c1-16(26)21-14-19-15-24(10-3-11-25(19)22-21)18-8-12-23(13-9-18)17-4-6-20(27-2)7-5-17/h4-7,14,16,18,26H,3,8-13,15H2,1-2H3/t16-/m0/s1. The number of ether oxygens (including phenoxy) is 1. The number of methoxy groups -OCH3 is 1. The smallest absolute Gasteiger partial charge is 0.119 e. The first-order valence-corrected chi connectivity index (χ1v) is 10.0. The molecule has 1 aromatic heterocycles. The van der Waals surface area contributed by atoms with Crippen LogP contribution in [-0.2, 0) is 13.1 Å². The highest BCUT2D eigenvalue weighted by atomic mass is 16.5. The van der Waals surface area contributed by atoms with Gasteiger partial charge in [-0.2, -0.15) is 5.10 Å². The molecule has 0 bridgehead atoms. The van der Waals surface area contributed by atoms with Gasteiger partial charge in [0.05, 0.1) is 24.6 Å². The average Bonchev–Trinajstić information content (AvgIpc) is 3.00. The van der Waals surface area contributed by atoms with Crippen LogP contribution < -0.4 is 9.64 Å². The quantitative estimate of drug-likeness (QED) is 0.897. The summed E-state index contributed by atoms with van der Waals surface area (Å²) in [5.41, 5.74) is 3.31. The van der Waals surface area contributed by atoms with E-state index in [1.807, 2.05) is 12.1 Å². The van der Waals surface area contributed by atoms with Crippen molar-refractivity contribution in [1.29, 1.82) is 0 Å². The number of nitrogens with zero attached hydrogens (tertiary/aromatic N) is 4. The van der Waals surface area contributed by atoms with E-state index in [9.17, 15) is 5.11 Å². The molecule has 6 heteroatoms. The molecule has 146 valence electrons. The molecule has 0 unspecified atom stereocenters. The third-order valence-electron chi connectivity index (χ3n) is 5.91. The van der Waals surface area contributed by atoms with Crippen molar-refractivity contribution in [1.82, 2.24) is 14.7 Å². The Bertz CT molecular complexity index is 748. The van der Waals surface area contributed by atoms with Gasteiger partial charge in [0.15, 0.2) is 0 Å². The van der Waals surface area contributed by atoms with Crippen LogP contribution in [0.4, 0.5) is 5.69 Å². The van der Waals surface area contributed by atoms with E-state index in [1.54, 1.807) is 14.0 Å². The van der Waals surface area contributed by atoms with E-state index >= 15 is 0 Å². The molecule has 0 amide bonds. The molecule has 4 rings (SSSR count). The lowest BCUT2D eigenvalue weighted by molar-refractivity contribution is 0.162. The number of hydrogen-bond donors (Lipinski definition) is 1. The maximum Gasteiger partial charge on any atom is 0.119 e. The Labute approximate surface area is 161 Å². The molecule has 6 nitrogen and oxygen atoms in total. The van der Waals surface area contributed by atoms with Crippen LogP contribution >= 0.6 is 0 Å². The van der Waals surface area contributed by atoms with Crippen molar-refractivity contribution in [3.05, 3.63) is 41.7 Å². The molecular weight excluding hydrogens is 340 g/mol. The van der Waals surface area contributed by atoms with Crippen molar-refractivity contribution in [2.24, 2.45) is 0 Å². The van der Waals surface area contributed by atoms with Gasteiger partial charge in [-0.3, -0.25) is 9.58 Å². The highest BCUT2D eigenvalue weighted by molar-refractivity contribution is 5.49. The molecule has 2 aliphatic heterocycles. The van der Waals surface area contributed by atoms with E-state index < -0.39 is 6.10 Å². The van der Waals surface area contributed by atoms with Gasteiger partial charge >= 0.3 is 0 Å². The highest BCUT2D eigenvalue weighted by Gasteiger charge is 2.27. The molecule has 0 spiro atoms. The number of benzene rings is 1. The molecule has 1 saturated heterocycles. The van der Waals surface area contributed by atoms with Gasteiger partial charge in [0.2, 0.25) is 0 Å². The number of aromatic nitrogens is 2. The fraction of sp³-hybridized carbons (Fsp3) is 0.571. The summed E-state index contributed by atoms with van der Waals surface area (Å²) in [5, 5.41) is 14.4. The molecule has 1 fully saturated rings. The number of hydrogen-bond acceptors (Lipinski definition) is 5. The summed E-state index contributed by atoms with van der Waals surface area (Å²) in [6.45, 7) is 6.98. The molecule has 1 aromatic carbocycles. The minimum absolute atomic E-state index is 0.495. The van der Waals surface area contributed by atoms with Crippen LogP contribution in [0.25, 0.3) is 0 Å². The van der Waals surface area contributed by atoms with Crippen LogP contribution in [-0.4, -0.2) is 52.6 Å². The van der Waals surface area contributed by atoms with Crippen molar-refractivity contribution in [2.75, 3.05) is 31.6 Å². The van der Waals surface area contributed by atoms with Gasteiger partial charge < -0.3 is 14.7 Å². The average molecular weight is 370 g/mol. The van der Waals surface area contributed by atoms with Gasteiger partial charge in [-0.05, 0) is 56.5 Å². The van der Waals surface area contributed by atoms with Crippen molar-refractivity contribution < 1.29 is 9.84 Å². The molecular formula is C21H30N4O2. The Hall–Kier alpha value is -2.05. The Balaban J connectivity index is 1.38. The summed E-state index contributed by atoms with van der Waals surface area (Å²) in [4.78, 5) is 5.10. The van der Waals surface area contributed by atoms with Crippen LogP contribution in [0.1, 0.15) is 43.7 Å². The monoisotopic (exact) mass is 370 g/mol. The number of aliphatic hydroxyl groups excluding tert-OH is 1. The summed E-state index contributed by atoms with van der Waals surface area (Å²) < 4.78 is 7.35. The second-order valence-corrected chi connectivity index (χ2v) is 7.70. The molecule has 1 atom stereocenters. The van der Waals surface area contributed by atoms with Crippen LogP contribution in [0.15, 0.2) is 30.3 Å². The Morgan fingerprint density at radius 3 is 2.52 bits per heavy atom. The Morgan fingerprint density at radius 1 is 1.11 bits per heavy atom. The lowest BCUT2D eigenvalue weighted by Gasteiger charge is -2.39. The topological polar surface area (TPSA) is 53.8 Å². The molecule has 2 aromatic rings. The summed E-state index contributed by atoms with van der Waals surface area (Å²) in [7, 11) is 1.71. The number of fused-ring (bicyclic) bond motifs is 1. The highest BCUT2D eigenvalue weighted by Crippen LogP contribution is 2.27. The van der Waals surface area contributed by atoms with Crippen LogP contribution in [0.2, 0.25) is 0 Å². The van der Waals surface area contributed by atoms with Crippen LogP contribution in [0, 0.1) is 0 Å². The second kappa shape index (κ2) is 7.90. The summed E-state index contributed by atoms with van der Waals surface area (Å²) >= 11 is 0. The number of aryl methyl sites for hydroxylation is 1. The zero-order valence-electron chi connectivity index (χ0n) is 16.3. The van der Waals surface area contributed by atoms with Gasteiger partial charge in [0.25, 0.3) is 0 Å². The van der Waals surface area contributed by atoms with Gasteiger partial charge in [0, 0.05) is 44.5 Å². The SMILES string of the molecule is COc1ccc(N2CCC(N3CCCn4nc([C@H](C)O)cc4C3)CC2)cc1. The molecule has 1 N–H and O–H groups in total. The van der Waals surface area contributed by atoms with Crippen LogP contribution in [0.5, 0.6) is 5.75 Å². The molecule has 27 heavy (non-hydrogen) atoms. The van der Waals surface area contributed by atoms with Crippen molar-refractivity contribution in [2.45, 2.75) is 51.4 Å². The van der Waals surface area contributed by atoms with E-state index in [0.29, 0.717) is 6.04 Å². The fourth-order valence-corrected chi connectivity index (χ4v) is 4.31.